The Balaban J connectivity index is 1.84. The van der Waals surface area contributed by atoms with E-state index < -0.39 is 11.8 Å². The van der Waals surface area contributed by atoms with Crippen molar-refractivity contribution in [3.63, 3.8) is 0 Å². The molecule has 0 aliphatic rings. The van der Waals surface area contributed by atoms with Crippen LogP contribution in [0.5, 0.6) is 5.75 Å². The van der Waals surface area contributed by atoms with Crippen LogP contribution in [0.25, 0.3) is 6.08 Å². The van der Waals surface area contributed by atoms with Crippen LogP contribution in [-0.2, 0) is 4.79 Å². The first kappa shape index (κ1) is 23.2. The van der Waals surface area contributed by atoms with Crippen molar-refractivity contribution in [2.75, 3.05) is 0 Å². The normalized spacial score (nSPS) is 12.2. The minimum atomic E-state index is -0.557. The first-order chi connectivity index (χ1) is 15.9. The minimum absolute atomic E-state index is 0.0655. The Bertz CT molecular complexity index is 1200. The zero-order chi connectivity index (χ0) is 23.6. The highest BCUT2D eigenvalue weighted by molar-refractivity contribution is 6.04. The molecule has 0 heterocycles. The maximum atomic E-state index is 12.9. The lowest BCUT2D eigenvalue weighted by atomic mass is 10.1. The molecule has 0 spiro atoms. The lowest BCUT2D eigenvalue weighted by Crippen LogP contribution is -2.33. The Kier molecular flexibility index (Phi) is 7.91. The summed E-state index contributed by atoms with van der Waals surface area (Å²) < 4.78 is 0. The van der Waals surface area contributed by atoms with Gasteiger partial charge < -0.3 is 10.4 Å². The largest absolute Gasteiger partial charge is 0.508 e. The van der Waals surface area contributed by atoms with E-state index in [0.717, 1.165) is 16.7 Å². The Morgan fingerprint density at radius 2 is 1.42 bits per heavy atom. The van der Waals surface area contributed by atoms with E-state index in [4.69, 9.17) is 0 Å². The zero-order valence-electron chi connectivity index (χ0n) is 18.4. The average molecular weight is 440 g/mol. The van der Waals surface area contributed by atoms with Gasteiger partial charge in [-0.05, 0) is 73.0 Å². The number of rotatable bonds is 7. The summed E-state index contributed by atoms with van der Waals surface area (Å²) in [6.45, 7) is 3.58. The van der Waals surface area contributed by atoms with Crippen LogP contribution < -0.4 is 10.7 Å². The van der Waals surface area contributed by atoms with Gasteiger partial charge in [-0.2, -0.15) is 5.10 Å². The summed E-state index contributed by atoms with van der Waals surface area (Å²) in [7, 11) is 0. The van der Waals surface area contributed by atoms with Gasteiger partial charge in [0.2, 0.25) is 0 Å². The summed E-state index contributed by atoms with van der Waals surface area (Å²) in [5.41, 5.74) is 6.04. The number of hydrogen-bond acceptors (Lipinski definition) is 4. The van der Waals surface area contributed by atoms with Crippen LogP contribution in [0, 0.1) is 0 Å². The molecular formula is C27H25N3O3. The maximum Gasteiger partial charge on any atom is 0.287 e. The first-order valence-electron chi connectivity index (χ1n) is 10.4. The number of phenols is 1. The molecule has 3 rings (SSSR count). The highest BCUT2D eigenvalue weighted by atomic mass is 16.3. The number of nitrogens with one attached hydrogen (secondary N) is 2. The molecule has 33 heavy (non-hydrogen) atoms. The van der Waals surface area contributed by atoms with Gasteiger partial charge in [0.05, 0.1) is 5.71 Å². The summed E-state index contributed by atoms with van der Waals surface area (Å²) in [6, 6.07) is 24.8. The van der Waals surface area contributed by atoms with E-state index in [1.54, 1.807) is 61.5 Å². The number of carbonyl (C=O) groups excluding carboxylic acids is 2. The summed E-state index contributed by atoms with van der Waals surface area (Å²) in [6.07, 6.45) is 3.52. The molecule has 3 N–H and O–H groups in total. The van der Waals surface area contributed by atoms with Crippen molar-refractivity contribution in [1.29, 1.82) is 0 Å². The van der Waals surface area contributed by atoms with Crippen molar-refractivity contribution in [3.8, 4) is 5.75 Å². The predicted octanol–water partition coefficient (Wildman–Crippen LogP) is 4.65. The smallest absolute Gasteiger partial charge is 0.287 e. The molecule has 166 valence electrons. The van der Waals surface area contributed by atoms with Gasteiger partial charge in [0.1, 0.15) is 11.4 Å². The van der Waals surface area contributed by atoms with E-state index in [0.29, 0.717) is 11.3 Å². The van der Waals surface area contributed by atoms with Gasteiger partial charge in [-0.3, -0.25) is 9.59 Å². The molecule has 0 aromatic heterocycles. The van der Waals surface area contributed by atoms with Crippen LogP contribution in [0.4, 0.5) is 0 Å². The number of nitrogens with zero attached hydrogens (tertiary/aromatic N) is 1. The summed E-state index contributed by atoms with van der Waals surface area (Å²) in [5.74, 6) is -0.813. The van der Waals surface area contributed by atoms with Gasteiger partial charge >= 0.3 is 0 Å². The standard InChI is InChI=1S/C27H25N3O3/c1-19(17-21-9-5-3-6-10-21)18-25(28-26(32)23-11-7-4-8-12-23)27(33)30-29-20(2)22-13-15-24(31)16-14-22/h3-18,31H,1-2H3,(H,28,32)(H,30,33)/b19-17+,25-18+,29-20?. The second-order valence-corrected chi connectivity index (χ2v) is 7.36. The Morgan fingerprint density at radius 1 is 0.818 bits per heavy atom. The SMILES string of the molecule is CC(=NNC(=O)/C(=C\C(C)=C\c1ccccc1)NC(=O)c1ccccc1)c1ccc(O)cc1. The molecule has 6 heteroatoms. The van der Waals surface area contributed by atoms with Crippen LogP contribution in [0.2, 0.25) is 0 Å². The van der Waals surface area contributed by atoms with E-state index in [1.165, 1.54) is 0 Å². The number of aromatic hydroxyl groups is 1. The van der Waals surface area contributed by atoms with Gasteiger partial charge in [-0.15, -0.1) is 0 Å². The van der Waals surface area contributed by atoms with Gasteiger partial charge in [0.15, 0.2) is 0 Å². The third-order valence-corrected chi connectivity index (χ3v) is 4.70. The fraction of sp³-hybridized carbons (Fsp3) is 0.0741. The Hall–Kier alpha value is -4.45. The molecule has 0 saturated carbocycles. The summed E-state index contributed by atoms with van der Waals surface area (Å²) in [5, 5.41) is 16.3. The molecule has 0 saturated heterocycles. The van der Waals surface area contributed by atoms with Crippen molar-refractivity contribution >= 4 is 23.6 Å². The monoisotopic (exact) mass is 439 g/mol. The second-order valence-electron chi connectivity index (χ2n) is 7.36. The molecular weight excluding hydrogens is 414 g/mol. The number of hydrogen-bond donors (Lipinski definition) is 3. The molecule has 0 unspecified atom stereocenters. The molecule has 0 fully saturated rings. The molecule has 0 bridgehead atoms. The zero-order valence-corrected chi connectivity index (χ0v) is 18.4. The number of benzene rings is 3. The van der Waals surface area contributed by atoms with E-state index in [9.17, 15) is 14.7 Å². The highest BCUT2D eigenvalue weighted by Gasteiger charge is 2.14. The topological polar surface area (TPSA) is 90.8 Å². The van der Waals surface area contributed by atoms with E-state index in [-0.39, 0.29) is 11.4 Å². The summed E-state index contributed by atoms with van der Waals surface area (Å²) in [4.78, 5) is 25.6. The second kappa shape index (κ2) is 11.2. The average Bonchev–Trinajstić information content (AvgIpc) is 2.83. The fourth-order valence-corrected chi connectivity index (χ4v) is 2.99. The fourth-order valence-electron chi connectivity index (χ4n) is 2.99. The lowest BCUT2D eigenvalue weighted by molar-refractivity contribution is -0.117. The molecule has 0 radical (unpaired) electrons. The number of amides is 2. The van der Waals surface area contributed by atoms with Gasteiger partial charge in [-0.1, -0.05) is 54.6 Å². The van der Waals surface area contributed by atoms with Crippen LogP contribution in [-0.4, -0.2) is 22.6 Å². The van der Waals surface area contributed by atoms with Crippen LogP contribution in [0.15, 0.2) is 107 Å². The predicted molar refractivity (Wildman–Crippen MR) is 131 cm³/mol. The number of carbonyl (C=O) groups is 2. The third-order valence-electron chi connectivity index (χ3n) is 4.70. The van der Waals surface area contributed by atoms with Crippen molar-refractivity contribution in [2.24, 2.45) is 5.10 Å². The van der Waals surface area contributed by atoms with Crippen molar-refractivity contribution in [1.82, 2.24) is 10.7 Å². The molecule has 3 aromatic carbocycles. The highest BCUT2D eigenvalue weighted by Crippen LogP contribution is 2.11. The molecule has 0 aliphatic heterocycles. The quantitative estimate of drug-likeness (QED) is 0.217. The summed E-state index contributed by atoms with van der Waals surface area (Å²) >= 11 is 0. The molecule has 6 nitrogen and oxygen atoms in total. The van der Waals surface area contributed by atoms with Crippen LogP contribution in [0.1, 0.15) is 35.3 Å². The van der Waals surface area contributed by atoms with Crippen LogP contribution in [0.3, 0.4) is 0 Å². The van der Waals surface area contributed by atoms with Gasteiger partial charge in [0, 0.05) is 5.56 Å². The Morgan fingerprint density at radius 3 is 2.06 bits per heavy atom. The number of allylic oxidation sites excluding steroid dienone is 2. The molecule has 0 atom stereocenters. The Labute approximate surface area is 193 Å². The van der Waals surface area contributed by atoms with Crippen molar-refractivity contribution in [3.05, 3.63) is 119 Å². The van der Waals surface area contributed by atoms with E-state index >= 15 is 0 Å². The lowest BCUT2D eigenvalue weighted by Gasteiger charge is -2.10. The molecule has 2 amide bonds. The first-order valence-corrected chi connectivity index (χ1v) is 10.4. The number of phenolic OH excluding ortho intramolecular Hbond substituents is 1. The third kappa shape index (κ3) is 7.04. The van der Waals surface area contributed by atoms with E-state index in [1.807, 2.05) is 49.4 Å². The maximum absolute atomic E-state index is 12.9. The minimum Gasteiger partial charge on any atom is -0.508 e. The molecule has 0 aliphatic carbocycles. The number of hydrazone groups is 1. The van der Waals surface area contributed by atoms with Crippen LogP contribution >= 0.6 is 0 Å². The van der Waals surface area contributed by atoms with Crippen molar-refractivity contribution in [2.45, 2.75) is 13.8 Å². The van der Waals surface area contributed by atoms with Gasteiger partial charge in [-0.25, -0.2) is 5.43 Å². The van der Waals surface area contributed by atoms with Crippen molar-refractivity contribution < 1.29 is 14.7 Å². The van der Waals surface area contributed by atoms with E-state index in [2.05, 4.69) is 15.8 Å². The van der Waals surface area contributed by atoms with Gasteiger partial charge in [0.25, 0.3) is 11.8 Å². The molecule has 3 aromatic rings.